The van der Waals surface area contributed by atoms with Gasteiger partial charge in [-0.05, 0) is 42.8 Å². The van der Waals surface area contributed by atoms with Crippen LogP contribution >= 0.6 is 0 Å². The summed E-state index contributed by atoms with van der Waals surface area (Å²) >= 11 is 0. The van der Waals surface area contributed by atoms with Gasteiger partial charge in [0.2, 0.25) is 0 Å². The highest BCUT2D eigenvalue weighted by molar-refractivity contribution is 7.91. The van der Waals surface area contributed by atoms with E-state index in [0.717, 1.165) is 0 Å². The van der Waals surface area contributed by atoms with Gasteiger partial charge < -0.3 is 9.73 Å². The lowest BCUT2D eigenvalue weighted by molar-refractivity contribution is 0.0914. The van der Waals surface area contributed by atoms with E-state index in [2.05, 4.69) is 5.32 Å². The van der Waals surface area contributed by atoms with Crippen LogP contribution in [0.15, 0.2) is 40.8 Å². The average Bonchev–Trinajstić information content (AvgIpc) is 3.06. The number of amides is 1. The Morgan fingerprint density at radius 3 is 2.55 bits per heavy atom. The molecule has 0 bridgehead atoms. The summed E-state index contributed by atoms with van der Waals surface area (Å²) in [6.45, 7) is 0. The van der Waals surface area contributed by atoms with Crippen LogP contribution in [0.1, 0.15) is 17.0 Å². The van der Waals surface area contributed by atoms with Crippen LogP contribution < -0.4 is 5.32 Å². The third-order valence-electron chi connectivity index (χ3n) is 3.53. The van der Waals surface area contributed by atoms with E-state index in [4.69, 9.17) is 4.42 Å². The lowest BCUT2D eigenvalue weighted by atomic mass is 10.2. The van der Waals surface area contributed by atoms with Crippen LogP contribution in [0.3, 0.4) is 0 Å². The second-order valence-electron chi connectivity index (χ2n) is 5.24. The van der Waals surface area contributed by atoms with Crippen molar-refractivity contribution in [1.82, 2.24) is 5.32 Å². The number of carbonyl (C=O) groups excluding carboxylic acids is 1. The predicted octanol–water partition coefficient (Wildman–Crippen LogP) is 2.00. The quantitative estimate of drug-likeness (QED) is 0.937. The van der Waals surface area contributed by atoms with Crippen molar-refractivity contribution in [3.8, 4) is 11.3 Å². The van der Waals surface area contributed by atoms with E-state index in [1.54, 1.807) is 18.2 Å². The Kier molecular flexibility index (Phi) is 3.74. The second kappa shape index (κ2) is 5.57. The van der Waals surface area contributed by atoms with Gasteiger partial charge in [0.15, 0.2) is 15.6 Å². The summed E-state index contributed by atoms with van der Waals surface area (Å²) in [5.41, 5.74) is 0.656. The molecule has 1 aromatic carbocycles. The van der Waals surface area contributed by atoms with Crippen molar-refractivity contribution >= 4 is 15.7 Å². The van der Waals surface area contributed by atoms with E-state index in [1.165, 1.54) is 18.2 Å². The molecule has 116 valence electrons. The van der Waals surface area contributed by atoms with Gasteiger partial charge in [0, 0.05) is 11.6 Å². The van der Waals surface area contributed by atoms with Gasteiger partial charge in [-0.1, -0.05) is 0 Å². The van der Waals surface area contributed by atoms with Crippen LogP contribution in [0.4, 0.5) is 4.39 Å². The highest BCUT2D eigenvalue weighted by Crippen LogP contribution is 2.22. The summed E-state index contributed by atoms with van der Waals surface area (Å²) in [7, 11) is -3.05. The average molecular weight is 323 g/mol. The van der Waals surface area contributed by atoms with Gasteiger partial charge in [-0.2, -0.15) is 0 Å². The first-order chi connectivity index (χ1) is 10.4. The summed E-state index contributed by atoms with van der Waals surface area (Å²) in [4.78, 5) is 12.1. The molecule has 0 unspecified atom stereocenters. The van der Waals surface area contributed by atoms with E-state index in [-0.39, 0.29) is 29.1 Å². The van der Waals surface area contributed by atoms with Gasteiger partial charge >= 0.3 is 0 Å². The third kappa shape index (κ3) is 3.19. The molecule has 7 heteroatoms. The Hall–Kier alpha value is -2.15. The zero-order chi connectivity index (χ0) is 15.7. The first kappa shape index (κ1) is 14.8. The molecule has 1 fully saturated rings. The number of halogens is 1. The van der Waals surface area contributed by atoms with Crippen molar-refractivity contribution in [3.05, 3.63) is 48.0 Å². The molecule has 1 aromatic heterocycles. The molecule has 1 amide bonds. The maximum absolute atomic E-state index is 12.9. The van der Waals surface area contributed by atoms with Crippen molar-refractivity contribution in [2.45, 2.75) is 12.5 Å². The maximum atomic E-state index is 12.9. The summed E-state index contributed by atoms with van der Waals surface area (Å²) in [6.07, 6.45) is 0.416. The first-order valence-corrected chi connectivity index (χ1v) is 8.62. The van der Waals surface area contributed by atoms with Crippen LogP contribution in [0.5, 0.6) is 0 Å². The van der Waals surface area contributed by atoms with Crippen LogP contribution in [0.2, 0.25) is 0 Å². The molecular weight excluding hydrogens is 309 g/mol. The molecule has 1 aliphatic heterocycles. The van der Waals surface area contributed by atoms with Gasteiger partial charge in [0.05, 0.1) is 11.5 Å². The molecule has 1 saturated heterocycles. The molecule has 0 radical (unpaired) electrons. The standard InChI is InChI=1S/C15H14FNO4S/c16-11-3-1-10(2-4-11)13-5-6-14(21-13)15(18)17-12-7-8-22(19,20)9-12/h1-6,12H,7-9H2,(H,17,18)/t12-/m1/s1. The summed E-state index contributed by atoms with van der Waals surface area (Å²) in [5, 5.41) is 2.65. The minimum absolute atomic E-state index is 0.0374. The van der Waals surface area contributed by atoms with Crippen LogP contribution in [0.25, 0.3) is 11.3 Å². The fraction of sp³-hybridized carbons (Fsp3) is 0.267. The fourth-order valence-corrected chi connectivity index (χ4v) is 4.07. The van der Waals surface area contributed by atoms with E-state index in [0.29, 0.717) is 17.7 Å². The van der Waals surface area contributed by atoms with Crippen molar-refractivity contribution in [3.63, 3.8) is 0 Å². The number of hydrogen-bond donors (Lipinski definition) is 1. The normalized spacial score (nSPS) is 20.0. The number of benzene rings is 1. The van der Waals surface area contributed by atoms with Gasteiger partial charge in [0.25, 0.3) is 5.91 Å². The zero-order valence-corrected chi connectivity index (χ0v) is 12.4. The van der Waals surface area contributed by atoms with Gasteiger partial charge in [-0.15, -0.1) is 0 Å². The Morgan fingerprint density at radius 1 is 1.18 bits per heavy atom. The fourth-order valence-electron chi connectivity index (χ4n) is 2.39. The van der Waals surface area contributed by atoms with Crippen LogP contribution in [0, 0.1) is 5.82 Å². The molecule has 2 heterocycles. The van der Waals surface area contributed by atoms with Crippen molar-refractivity contribution < 1.29 is 22.0 Å². The molecule has 2 aromatic rings. The van der Waals surface area contributed by atoms with Gasteiger partial charge in [-0.25, -0.2) is 12.8 Å². The SMILES string of the molecule is O=C(N[C@@H]1CCS(=O)(=O)C1)c1ccc(-c2ccc(F)cc2)o1. The Balaban J connectivity index is 1.71. The summed E-state index contributed by atoms with van der Waals surface area (Å²) in [5.74, 6) is -0.194. The molecule has 1 N–H and O–H groups in total. The van der Waals surface area contributed by atoms with Crippen molar-refractivity contribution in [2.75, 3.05) is 11.5 Å². The van der Waals surface area contributed by atoms with Crippen LogP contribution in [-0.2, 0) is 9.84 Å². The van der Waals surface area contributed by atoms with E-state index in [9.17, 15) is 17.6 Å². The second-order valence-corrected chi connectivity index (χ2v) is 7.47. The molecule has 1 aliphatic rings. The highest BCUT2D eigenvalue weighted by Gasteiger charge is 2.29. The molecule has 0 saturated carbocycles. The maximum Gasteiger partial charge on any atom is 0.287 e. The Bertz CT molecular complexity index is 795. The summed E-state index contributed by atoms with van der Waals surface area (Å²) in [6, 6.07) is 8.48. The van der Waals surface area contributed by atoms with Gasteiger partial charge in [0.1, 0.15) is 11.6 Å². The molecule has 3 rings (SSSR count). The number of hydrogen-bond acceptors (Lipinski definition) is 4. The monoisotopic (exact) mass is 323 g/mol. The molecular formula is C15H14FNO4S. The van der Waals surface area contributed by atoms with Crippen molar-refractivity contribution in [2.24, 2.45) is 0 Å². The lowest BCUT2D eigenvalue weighted by Crippen LogP contribution is -2.35. The molecule has 0 spiro atoms. The molecule has 22 heavy (non-hydrogen) atoms. The third-order valence-corrected chi connectivity index (χ3v) is 5.29. The minimum atomic E-state index is -3.05. The number of nitrogens with one attached hydrogen (secondary N) is 1. The number of furan rings is 1. The molecule has 5 nitrogen and oxygen atoms in total. The predicted molar refractivity (Wildman–Crippen MR) is 78.6 cm³/mol. The zero-order valence-electron chi connectivity index (χ0n) is 11.6. The summed E-state index contributed by atoms with van der Waals surface area (Å²) < 4.78 is 41.1. The molecule has 1 atom stereocenters. The van der Waals surface area contributed by atoms with E-state index < -0.39 is 15.7 Å². The number of sulfone groups is 1. The molecule has 0 aliphatic carbocycles. The topological polar surface area (TPSA) is 76.4 Å². The number of rotatable bonds is 3. The smallest absolute Gasteiger partial charge is 0.287 e. The van der Waals surface area contributed by atoms with E-state index >= 15 is 0 Å². The van der Waals surface area contributed by atoms with Crippen molar-refractivity contribution in [1.29, 1.82) is 0 Å². The van der Waals surface area contributed by atoms with Gasteiger partial charge in [-0.3, -0.25) is 4.79 Å². The Morgan fingerprint density at radius 2 is 1.91 bits per heavy atom. The Labute approximate surface area is 127 Å². The van der Waals surface area contributed by atoms with Crippen LogP contribution in [-0.4, -0.2) is 31.9 Å². The minimum Gasteiger partial charge on any atom is -0.451 e. The highest BCUT2D eigenvalue weighted by atomic mass is 32.2. The lowest BCUT2D eigenvalue weighted by Gasteiger charge is -2.08. The number of carbonyl (C=O) groups is 1. The first-order valence-electron chi connectivity index (χ1n) is 6.80. The largest absolute Gasteiger partial charge is 0.451 e. The van der Waals surface area contributed by atoms with E-state index in [1.807, 2.05) is 0 Å².